The minimum absolute atomic E-state index is 0.123. The van der Waals surface area contributed by atoms with Crippen molar-refractivity contribution in [1.29, 1.82) is 0 Å². The van der Waals surface area contributed by atoms with Gasteiger partial charge in [0.15, 0.2) is 18.7 Å². The number of carbonyl (C=O) groups is 2. The van der Waals surface area contributed by atoms with Crippen LogP contribution in [0.15, 0.2) is 72.9 Å². The molecule has 438 valence electrons. The van der Waals surface area contributed by atoms with Gasteiger partial charge in [0.25, 0.3) is 0 Å². The van der Waals surface area contributed by atoms with Gasteiger partial charge in [0, 0.05) is 12.8 Å². The quantitative estimate of drug-likeness (QED) is 0.0171. The predicted octanol–water partition coefficient (Wildman–Crippen LogP) is 10.2. The number of unbranched alkanes of at least 4 members (excludes halogenated alkanes) is 20. The first-order valence-corrected chi connectivity index (χ1v) is 29.5. The molecule has 0 aromatic heterocycles. The number of aliphatic hydroxyl groups is 7. The topological polar surface area (TPSA) is 231 Å². The van der Waals surface area contributed by atoms with Gasteiger partial charge in [-0.05, 0) is 83.5 Å². The normalized spacial score (nSPS) is 24.9. The van der Waals surface area contributed by atoms with Crippen molar-refractivity contribution in [3.8, 4) is 0 Å². The number of allylic oxidation sites excluding steroid dienone is 12. The average molecular weight is 1080 g/mol. The molecule has 0 aliphatic carbocycles. The predicted molar refractivity (Wildman–Crippen MR) is 298 cm³/mol. The van der Waals surface area contributed by atoms with Gasteiger partial charge >= 0.3 is 11.9 Å². The number of aliphatic hydroxyl groups excluding tert-OH is 7. The van der Waals surface area contributed by atoms with E-state index in [1.807, 2.05) is 0 Å². The largest absolute Gasteiger partial charge is 0.462 e. The summed E-state index contributed by atoms with van der Waals surface area (Å²) in [4.78, 5) is 25.9. The third kappa shape index (κ3) is 33.4. The van der Waals surface area contributed by atoms with E-state index in [9.17, 15) is 45.3 Å². The second kappa shape index (κ2) is 46.8. The van der Waals surface area contributed by atoms with E-state index in [0.717, 1.165) is 70.6 Å². The molecule has 2 fully saturated rings. The summed E-state index contributed by atoms with van der Waals surface area (Å²) in [5.41, 5.74) is 0. The summed E-state index contributed by atoms with van der Waals surface area (Å²) in [6.07, 6.45) is 40.6. The standard InChI is InChI=1S/C61H104O15/c1-3-5-7-9-11-13-15-17-19-21-23-24-26-27-29-31-33-35-37-39-41-43-52(63)71-46-49(74-53(64)44-42-40-38-36-34-32-30-28-25-22-20-18-16-14-12-10-8-6-4-2)47-72-60-59(70)57(68)55(66)51(76-60)48-73-61-58(69)56(67)54(65)50(45-62)75-61/h6,8,12,14,17-20,25,28,32,34,49-51,54-62,65-70H,3-5,7,9-11,13,15-16,21-24,26-27,29-31,33,35-48H2,1-2H3/b8-6+,14-12+,19-17+,20-18+,28-25+,34-32+/t49-,50+,51+,54-,55-,56?,57?,58?,59?,60+,61+/m0/s1. The molecule has 0 aromatic rings. The monoisotopic (exact) mass is 1080 g/mol. The first-order valence-electron chi connectivity index (χ1n) is 29.5. The smallest absolute Gasteiger partial charge is 0.306 e. The van der Waals surface area contributed by atoms with Crippen molar-refractivity contribution >= 4 is 11.9 Å². The van der Waals surface area contributed by atoms with E-state index in [1.165, 1.54) is 96.3 Å². The summed E-state index contributed by atoms with van der Waals surface area (Å²) < 4.78 is 33.7. The molecule has 2 aliphatic rings. The van der Waals surface area contributed by atoms with Crippen LogP contribution in [-0.4, -0.2) is 142 Å². The van der Waals surface area contributed by atoms with Crippen molar-refractivity contribution in [3.05, 3.63) is 72.9 Å². The maximum atomic E-state index is 13.1. The van der Waals surface area contributed by atoms with Crippen LogP contribution < -0.4 is 0 Å². The SMILES string of the molecule is CC/C=C/C/C=C/C/C=C/C/C=C/C/C=C/CCCCCC(=O)O[C@@H](COC(=O)CCCCCCCCCCCCC/C=C/CCCCCCCC)CO[C@@H]1O[C@H](CO[C@@H]2O[C@H](CO)[C@H](O)C(O)C2O)[C@H](O)C(O)C1O. The van der Waals surface area contributed by atoms with Crippen molar-refractivity contribution in [2.75, 3.05) is 26.4 Å². The van der Waals surface area contributed by atoms with Crippen LogP contribution in [0.2, 0.25) is 0 Å². The molecule has 11 atom stereocenters. The zero-order valence-electron chi connectivity index (χ0n) is 46.7. The molecule has 0 aromatic carbocycles. The fraction of sp³-hybridized carbons (Fsp3) is 0.770. The van der Waals surface area contributed by atoms with Gasteiger partial charge in [-0.1, -0.05) is 183 Å². The molecular formula is C61H104O15. The number of rotatable bonds is 46. The highest BCUT2D eigenvalue weighted by atomic mass is 16.7. The molecule has 0 spiro atoms. The number of carbonyl (C=O) groups excluding carboxylic acids is 2. The second-order valence-corrected chi connectivity index (χ2v) is 20.4. The average Bonchev–Trinajstić information content (AvgIpc) is 3.41. The Morgan fingerprint density at radius 1 is 0.434 bits per heavy atom. The molecule has 7 N–H and O–H groups in total. The number of ether oxygens (including phenoxy) is 6. The van der Waals surface area contributed by atoms with Gasteiger partial charge < -0.3 is 64.2 Å². The van der Waals surface area contributed by atoms with E-state index in [0.29, 0.717) is 12.8 Å². The van der Waals surface area contributed by atoms with Gasteiger partial charge in [0.05, 0.1) is 19.8 Å². The lowest BCUT2D eigenvalue weighted by atomic mass is 9.98. The number of hydrogen-bond acceptors (Lipinski definition) is 15. The van der Waals surface area contributed by atoms with E-state index in [4.69, 9.17) is 28.4 Å². The van der Waals surface area contributed by atoms with Crippen molar-refractivity contribution in [2.24, 2.45) is 0 Å². The lowest BCUT2D eigenvalue weighted by Crippen LogP contribution is -2.61. The van der Waals surface area contributed by atoms with Crippen LogP contribution >= 0.6 is 0 Å². The minimum Gasteiger partial charge on any atom is -0.462 e. The molecule has 4 unspecified atom stereocenters. The molecule has 0 bridgehead atoms. The molecule has 2 heterocycles. The lowest BCUT2D eigenvalue weighted by Gasteiger charge is -2.42. The first kappa shape index (κ1) is 69.0. The zero-order valence-corrected chi connectivity index (χ0v) is 46.7. The molecule has 2 saturated heterocycles. The van der Waals surface area contributed by atoms with E-state index >= 15 is 0 Å². The Hall–Kier alpha value is -3.06. The summed E-state index contributed by atoms with van der Waals surface area (Å²) in [6.45, 7) is 2.45. The highest BCUT2D eigenvalue weighted by Gasteiger charge is 2.47. The second-order valence-electron chi connectivity index (χ2n) is 20.4. The Kier molecular flexibility index (Phi) is 42.5. The van der Waals surface area contributed by atoms with Gasteiger partial charge in [-0.15, -0.1) is 0 Å². The Morgan fingerprint density at radius 3 is 1.33 bits per heavy atom. The van der Waals surface area contributed by atoms with Crippen LogP contribution in [0.5, 0.6) is 0 Å². The molecule has 0 saturated carbocycles. The number of esters is 2. The van der Waals surface area contributed by atoms with E-state index < -0.39 is 99.3 Å². The van der Waals surface area contributed by atoms with Crippen molar-refractivity contribution in [1.82, 2.24) is 0 Å². The molecule has 0 amide bonds. The summed E-state index contributed by atoms with van der Waals surface area (Å²) in [5.74, 6) is -0.963. The van der Waals surface area contributed by atoms with E-state index in [1.54, 1.807) is 0 Å². The molecular weight excluding hydrogens is 973 g/mol. The fourth-order valence-electron chi connectivity index (χ4n) is 8.89. The van der Waals surface area contributed by atoms with Crippen molar-refractivity contribution < 1.29 is 73.8 Å². The number of hydrogen-bond donors (Lipinski definition) is 7. The van der Waals surface area contributed by atoms with E-state index in [-0.39, 0.29) is 19.4 Å². The van der Waals surface area contributed by atoms with Crippen LogP contribution in [0.3, 0.4) is 0 Å². The lowest BCUT2D eigenvalue weighted by molar-refractivity contribution is -0.332. The first-order chi connectivity index (χ1) is 37.0. The maximum absolute atomic E-state index is 13.1. The Balaban J connectivity index is 1.76. The maximum Gasteiger partial charge on any atom is 0.306 e. The van der Waals surface area contributed by atoms with Gasteiger partial charge in [-0.2, -0.15) is 0 Å². The molecule has 2 rings (SSSR count). The zero-order chi connectivity index (χ0) is 55.3. The summed E-state index contributed by atoms with van der Waals surface area (Å²) in [7, 11) is 0. The fourth-order valence-corrected chi connectivity index (χ4v) is 8.89. The molecule has 15 nitrogen and oxygen atoms in total. The van der Waals surface area contributed by atoms with Gasteiger partial charge in [-0.25, -0.2) is 0 Å². The Bertz CT molecular complexity index is 1590. The van der Waals surface area contributed by atoms with Gasteiger partial charge in [-0.3, -0.25) is 9.59 Å². The Morgan fingerprint density at radius 2 is 0.829 bits per heavy atom. The highest BCUT2D eigenvalue weighted by Crippen LogP contribution is 2.27. The van der Waals surface area contributed by atoms with Crippen LogP contribution in [0, 0.1) is 0 Å². The summed E-state index contributed by atoms with van der Waals surface area (Å²) >= 11 is 0. The van der Waals surface area contributed by atoms with Crippen molar-refractivity contribution in [3.63, 3.8) is 0 Å². The minimum atomic E-state index is -1.78. The van der Waals surface area contributed by atoms with Crippen LogP contribution in [0.1, 0.15) is 206 Å². The van der Waals surface area contributed by atoms with Crippen LogP contribution in [0.4, 0.5) is 0 Å². The third-order valence-electron chi connectivity index (χ3n) is 13.7. The highest BCUT2D eigenvalue weighted by molar-refractivity contribution is 5.70. The molecule has 76 heavy (non-hydrogen) atoms. The third-order valence-corrected chi connectivity index (χ3v) is 13.7. The van der Waals surface area contributed by atoms with E-state index in [2.05, 4.69) is 86.8 Å². The van der Waals surface area contributed by atoms with Crippen molar-refractivity contribution in [2.45, 2.75) is 274 Å². The van der Waals surface area contributed by atoms with Gasteiger partial charge in [0.1, 0.15) is 55.4 Å². The summed E-state index contributed by atoms with van der Waals surface area (Å²) in [5, 5.41) is 72.3. The van der Waals surface area contributed by atoms with Crippen LogP contribution in [-0.2, 0) is 38.0 Å². The molecule has 0 radical (unpaired) electrons. The summed E-state index contributed by atoms with van der Waals surface area (Å²) in [6, 6.07) is 0. The van der Waals surface area contributed by atoms with Crippen LogP contribution in [0.25, 0.3) is 0 Å². The molecule has 15 heteroatoms. The van der Waals surface area contributed by atoms with Gasteiger partial charge in [0.2, 0.25) is 0 Å². The molecule has 2 aliphatic heterocycles. The Labute approximate surface area is 457 Å².